The van der Waals surface area contributed by atoms with Crippen molar-refractivity contribution in [3.8, 4) is 0 Å². The Bertz CT molecular complexity index is 833. The predicted octanol–water partition coefficient (Wildman–Crippen LogP) is 3.40. The Balaban J connectivity index is 1.52. The average molecular weight is 367 g/mol. The van der Waals surface area contributed by atoms with Crippen LogP contribution in [-0.2, 0) is 17.8 Å². The van der Waals surface area contributed by atoms with Crippen LogP contribution in [0.5, 0.6) is 0 Å². The highest BCUT2D eigenvalue weighted by molar-refractivity contribution is 7.99. The molecule has 3 aromatic rings. The van der Waals surface area contributed by atoms with Gasteiger partial charge in [0.15, 0.2) is 0 Å². The van der Waals surface area contributed by atoms with Gasteiger partial charge in [0.2, 0.25) is 11.1 Å². The Morgan fingerprint density at radius 2 is 1.85 bits per heavy atom. The summed E-state index contributed by atoms with van der Waals surface area (Å²) in [6.45, 7) is 2.73. The third-order valence-electron chi connectivity index (χ3n) is 3.78. The lowest BCUT2D eigenvalue weighted by Gasteiger charge is -2.07. The largest absolute Gasteiger partial charge is 0.325 e. The number of hydrogen-bond acceptors (Lipinski definition) is 5. The van der Waals surface area contributed by atoms with Gasteiger partial charge in [-0.1, -0.05) is 67.6 Å². The SMILES string of the molecule is CCCc1ccc(NC(=O)CSc2nnnn2Cc2ccccc2)cc1. The van der Waals surface area contributed by atoms with Crippen molar-refractivity contribution in [3.63, 3.8) is 0 Å². The number of rotatable bonds is 8. The van der Waals surface area contributed by atoms with Crippen LogP contribution in [0.3, 0.4) is 0 Å². The summed E-state index contributed by atoms with van der Waals surface area (Å²) in [5.74, 6) is 0.179. The molecule has 1 N–H and O–H groups in total. The van der Waals surface area contributed by atoms with Crippen molar-refractivity contribution in [2.75, 3.05) is 11.1 Å². The minimum absolute atomic E-state index is 0.0764. The second kappa shape index (κ2) is 9.15. The number of nitrogens with zero attached hydrogens (tertiary/aromatic N) is 4. The highest BCUT2D eigenvalue weighted by Gasteiger charge is 2.10. The summed E-state index contributed by atoms with van der Waals surface area (Å²) < 4.78 is 1.70. The molecule has 26 heavy (non-hydrogen) atoms. The minimum atomic E-state index is -0.0764. The van der Waals surface area contributed by atoms with E-state index in [1.54, 1.807) is 4.68 Å². The third kappa shape index (κ3) is 5.16. The van der Waals surface area contributed by atoms with Crippen molar-refractivity contribution in [2.45, 2.75) is 31.5 Å². The molecule has 0 fully saturated rings. The van der Waals surface area contributed by atoms with Gasteiger partial charge in [0.1, 0.15) is 0 Å². The van der Waals surface area contributed by atoms with E-state index >= 15 is 0 Å². The zero-order chi connectivity index (χ0) is 18.2. The van der Waals surface area contributed by atoms with Gasteiger partial charge >= 0.3 is 0 Å². The second-order valence-electron chi connectivity index (χ2n) is 5.89. The van der Waals surface area contributed by atoms with Crippen LogP contribution >= 0.6 is 11.8 Å². The molecule has 0 unspecified atom stereocenters. The molecule has 134 valence electrons. The fraction of sp³-hybridized carbons (Fsp3) is 0.263. The number of nitrogens with one attached hydrogen (secondary N) is 1. The van der Waals surface area contributed by atoms with E-state index < -0.39 is 0 Å². The topological polar surface area (TPSA) is 72.7 Å². The van der Waals surface area contributed by atoms with E-state index in [0.29, 0.717) is 11.7 Å². The van der Waals surface area contributed by atoms with Gasteiger partial charge < -0.3 is 5.32 Å². The van der Waals surface area contributed by atoms with Gasteiger partial charge in [-0.25, -0.2) is 4.68 Å². The standard InChI is InChI=1S/C19H21N5OS/c1-2-6-15-9-11-17(12-10-15)20-18(25)14-26-19-21-22-23-24(19)13-16-7-4-3-5-8-16/h3-5,7-12H,2,6,13-14H2,1H3,(H,20,25). The molecule has 0 saturated carbocycles. The molecular weight excluding hydrogens is 346 g/mol. The maximum atomic E-state index is 12.2. The Morgan fingerprint density at radius 3 is 2.58 bits per heavy atom. The Hall–Kier alpha value is -2.67. The van der Waals surface area contributed by atoms with E-state index in [0.717, 1.165) is 24.1 Å². The molecule has 2 aromatic carbocycles. The highest BCUT2D eigenvalue weighted by atomic mass is 32.2. The summed E-state index contributed by atoms with van der Waals surface area (Å²) in [6, 6.07) is 17.9. The minimum Gasteiger partial charge on any atom is -0.325 e. The van der Waals surface area contributed by atoms with E-state index in [2.05, 4.69) is 27.8 Å². The zero-order valence-corrected chi connectivity index (χ0v) is 15.4. The molecular formula is C19H21N5OS. The molecule has 3 rings (SSSR count). The Labute approximate surface area is 157 Å². The quantitative estimate of drug-likeness (QED) is 0.618. The van der Waals surface area contributed by atoms with Gasteiger partial charge in [0, 0.05) is 5.69 Å². The number of aromatic nitrogens is 4. The molecule has 1 heterocycles. The zero-order valence-electron chi connectivity index (χ0n) is 14.6. The Kier molecular flexibility index (Phi) is 6.38. The summed E-state index contributed by atoms with van der Waals surface area (Å²) in [5.41, 5.74) is 3.19. The van der Waals surface area contributed by atoms with Gasteiger partial charge in [0.05, 0.1) is 12.3 Å². The number of anilines is 1. The summed E-state index contributed by atoms with van der Waals surface area (Å²) in [4.78, 5) is 12.2. The van der Waals surface area contributed by atoms with E-state index in [-0.39, 0.29) is 11.7 Å². The van der Waals surface area contributed by atoms with E-state index in [1.807, 2.05) is 54.6 Å². The van der Waals surface area contributed by atoms with Crippen molar-refractivity contribution in [2.24, 2.45) is 0 Å². The van der Waals surface area contributed by atoms with Gasteiger partial charge in [-0.2, -0.15) is 0 Å². The fourth-order valence-corrected chi connectivity index (χ4v) is 3.20. The van der Waals surface area contributed by atoms with Crippen molar-refractivity contribution < 1.29 is 4.79 Å². The van der Waals surface area contributed by atoms with Gasteiger partial charge in [-0.15, -0.1) is 5.10 Å². The molecule has 0 atom stereocenters. The molecule has 0 spiro atoms. The third-order valence-corrected chi connectivity index (χ3v) is 4.74. The van der Waals surface area contributed by atoms with E-state index in [4.69, 9.17) is 0 Å². The van der Waals surface area contributed by atoms with Crippen LogP contribution in [0, 0.1) is 0 Å². The number of carbonyl (C=O) groups is 1. The lowest BCUT2D eigenvalue weighted by molar-refractivity contribution is -0.113. The summed E-state index contributed by atoms with van der Waals surface area (Å²) in [5, 5.41) is 15.3. The molecule has 0 aliphatic heterocycles. The number of amides is 1. The number of benzene rings is 2. The van der Waals surface area contributed by atoms with Crippen LogP contribution in [0.1, 0.15) is 24.5 Å². The van der Waals surface area contributed by atoms with Gasteiger partial charge in [-0.3, -0.25) is 4.79 Å². The lowest BCUT2D eigenvalue weighted by atomic mass is 10.1. The first kappa shape index (κ1) is 18.1. The second-order valence-corrected chi connectivity index (χ2v) is 6.83. The van der Waals surface area contributed by atoms with Crippen LogP contribution in [0.2, 0.25) is 0 Å². The number of hydrogen-bond donors (Lipinski definition) is 1. The first-order valence-corrected chi connectivity index (χ1v) is 9.55. The lowest BCUT2D eigenvalue weighted by Crippen LogP contribution is -2.15. The van der Waals surface area contributed by atoms with Crippen LogP contribution in [-0.4, -0.2) is 31.9 Å². The van der Waals surface area contributed by atoms with Gasteiger partial charge in [0.25, 0.3) is 0 Å². The predicted molar refractivity (Wildman–Crippen MR) is 103 cm³/mol. The van der Waals surface area contributed by atoms with Crippen LogP contribution in [0.4, 0.5) is 5.69 Å². The van der Waals surface area contributed by atoms with Crippen molar-refractivity contribution >= 4 is 23.4 Å². The first-order valence-electron chi connectivity index (χ1n) is 8.56. The van der Waals surface area contributed by atoms with Crippen LogP contribution in [0.25, 0.3) is 0 Å². The maximum Gasteiger partial charge on any atom is 0.234 e. The molecule has 0 radical (unpaired) electrons. The summed E-state index contributed by atoms with van der Waals surface area (Å²) in [7, 11) is 0. The van der Waals surface area contributed by atoms with Crippen molar-refractivity contribution in [1.29, 1.82) is 0 Å². The maximum absolute atomic E-state index is 12.2. The highest BCUT2D eigenvalue weighted by Crippen LogP contribution is 2.16. The molecule has 1 aromatic heterocycles. The fourth-order valence-electron chi connectivity index (χ4n) is 2.53. The molecule has 0 aliphatic carbocycles. The molecule has 1 amide bonds. The number of thioether (sulfide) groups is 1. The van der Waals surface area contributed by atoms with E-state index in [9.17, 15) is 4.79 Å². The van der Waals surface area contributed by atoms with Crippen molar-refractivity contribution in [1.82, 2.24) is 20.2 Å². The molecule has 0 saturated heterocycles. The van der Waals surface area contributed by atoms with Crippen molar-refractivity contribution in [3.05, 3.63) is 65.7 Å². The number of aryl methyl sites for hydroxylation is 1. The number of carbonyl (C=O) groups excluding carboxylic acids is 1. The molecule has 0 bridgehead atoms. The monoisotopic (exact) mass is 367 g/mol. The van der Waals surface area contributed by atoms with Crippen LogP contribution in [0.15, 0.2) is 59.8 Å². The first-order chi connectivity index (χ1) is 12.7. The molecule has 7 heteroatoms. The van der Waals surface area contributed by atoms with E-state index in [1.165, 1.54) is 17.3 Å². The smallest absolute Gasteiger partial charge is 0.234 e. The number of tetrazole rings is 1. The summed E-state index contributed by atoms with van der Waals surface area (Å²) >= 11 is 1.33. The van der Waals surface area contributed by atoms with Gasteiger partial charge in [-0.05, 0) is 40.1 Å². The summed E-state index contributed by atoms with van der Waals surface area (Å²) in [6.07, 6.45) is 2.16. The average Bonchev–Trinajstić information content (AvgIpc) is 3.10. The Morgan fingerprint density at radius 1 is 1.08 bits per heavy atom. The molecule has 0 aliphatic rings. The normalized spacial score (nSPS) is 10.7. The van der Waals surface area contributed by atoms with Crippen LogP contribution < -0.4 is 5.32 Å². The molecule has 6 nitrogen and oxygen atoms in total.